The lowest BCUT2D eigenvalue weighted by molar-refractivity contribution is 0.208. The van der Waals surface area contributed by atoms with Gasteiger partial charge < -0.3 is 25.0 Å². The lowest BCUT2D eigenvalue weighted by atomic mass is 10.2. The highest BCUT2D eigenvalue weighted by atomic mass is 35.5. The minimum Gasteiger partial charge on any atom is -0.508 e. The monoisotopic (exact) mass is 395 g/mol. The number of hydrogen-bond donors (Lipinski definition) is 2. The highest BCUT2D eigenvalue weighted by molar-refractivity contribution is 6.35. The normalized spacial score (nSPS) is 14.3. The van der Waals surface area contributed by atoms with Crippen molar-refractivity contribution in [2.75, 3.05) is 43.5 Å². The number of amides is 2. The number of ether oxygens (including phenoxy) is 1. The van der Waals surface area contributed by atoms with Crippen LogP contribution in [0, 0.1) is 0 Å². The number of piperazine rings is 1. The number of anilines is 2. The maximum absolute atomic E-state index is 12.5. The van der Waals surface area contributed by atoms with Crippen LogP contribution < -0.4 is 15.0 Å². The molecule has 26 heavy (non-hydrogen) atoms. The van der Waals surface area contributed by atoms with E-state index in [0.29, 0.717) is 47.7 Å². The molecule has 2 N–H and O–H groups in total. The van der Waals surface area contributed by atoms with E-state index in [-0.39, 0.29) is 11.8 Å². The van der Waals surface area contributed by atoms with Gasteiger partial charge in [0.1, 0.15) is 11.5 Å². The molecule has 0 aromatic heterocycles. The van der Waals surface area contributed by atoms with Gasteiger partial charge in [-0.3, -0.25) is 0 Å². The summed E-state index contributed by atoms with van der Waals surface area (Å²) < 4.78 is 5.34. The second-order valence-electron chi connectivity index (χ2n) is 5.92. The molecular formula is C18H19Cl2N3O3. The Kier molecular flexibility index (Phi) is 5.64. The van der Waals surface area contributed by atoms with Gasteiger partial charge >= 0.3 is 6.03 Å². The number of phenols is 1. The number of hydrogen-bond acceptors (Lipinski definition) is 4. The third kappa shape index (κ3) is 4.26. The lowest BCUT2D eigenvalue weighted by Gasteiger charge is -2.36. The van der Waals surface area contributed by atoms with Crippen LogP contribution in [0.1, 0.15) is 0 Å². The topological polar surface area (TPSA) is 65.0 Å². The van der Waals surface area contributed by atoms with Crippen molar-refractivity contribution in [3.63, 3.8) is 0 Å². The Morgan fingerprint density at radius 1 is 1.08 bits per heavy atom. The molecule has 0 bridgehead atoms. The number of rotatable bonds is 3. The molecule has 0 unspecified atom stereocenters. The van der Waals surface area contributed by atoms with E-state index in [1.165, 1.54) is 0 Å². The number of halogens is 2. The number of methoxy groups -OCH3 is 1. The summed E-state index contributed by atoms with van der Waals surface area (Å²) in [5, 5.41) is 13.3. The second kappa shape index (κ2) is 7.93. The fourth-order valence-electron chi connectivity index (χ4n) is 2.91. The van der Waals surface area contributed by atoms with E-state index in [9.17, 15) is 9.90 Å². The standard InChI is InChI=1S/C18H19Cl2N3O3/c1-26-17-11-15(24)2-3-16(17)22-4-6-23(7-5-22)18(25)21-14-9-12(19)8-13(20)10-14/h2-3,8-11,24H,4-7H2,1H3,(H,21,25). The number of phenolic OH excluding ortho intramolecular Hbond substituents is 1. The second-order valence-corrected chi connectivity index (χ2v) is 6.79. The summed E-state index contributed by atoms with van der Waals surface area (Å²) in [6.45, 7) is 2.43. The van der Waals surface area contributed by atoms with Crippen molar-refractivity contribution in [2.24, 2.45) is 0 Å². The summed E-state index contributed by atoms with van der Waals surface area (Å²) in [7, 11) is 1.57. The Bertz CT molecular complexity index is 788. The number of nitrogens with zero attached hydrogens (tertiary/aromatic N) is 2. The van der Waals surface area contributed by atoms with E-state index in [4.69, 9.17) is 27.9 Å². The third-order valence-corrected chi connectivity index (χ3v) is 4.62. The van der Waals surface area contributed by atoms with Crippen LogP contribution in [0.15, 0.2) is 36.4 Å². The Labute approximate surface area is 161 Å². The molecule has 6 nitrogen and oxygen atoms in total. The van der Waals surface area contributed by atoms with Gasteiger partial charge in [-0.1, -0.05) is 23.2 Å². The molecule has 1 aliphatic heterocycles. The zero-order chi connectivity index (χ0) is 18.7. The summed E-state index contributed by atoms with van der Waals surface area (Å²) in [6.07, 6.45) is 0. The van der Waals surface area contributed by atoms with E-state index in [0.717, 1.165) is 5.69 Å². The Hall–Kier alpha value is -2.31. The maximum atomic E-state index is 12.5. The van der Waals surface area contributed by atoms with Gasteiger partial charge in [0.25, 0.3) is 0 Å². The van der Waals surface area contributed by atoms with E-state index in [1.807, 2.05) is 6.07 Å². The van der Waals surface area contributed by atoms with Crippen molar-refractivity contribution in [1.29, 1.82) is 0 Å². The summed E-state index contributed by atoms with van der Waals surface area (Å²) in [5.74, 6) is 0.764. The van der Waals surface area contributed by atoms with Crippen LogP contribution in [0.3, 0.4) is 0 Å². The van der Waals surface area contributed by atoms with E-state index < -0.39 is 0 Å². The van der Waals surface area contributed by atoms with Crippen LogP contribution in [0.2, 0.25) is 10.0 Å². The zero-order valence-electron chi connectivity index (χ0n) is 14.2. The predicted octanol–water partition coefficient (Wildman–Crippen LogP) is 4.06. The molecule has 1 saturated heterocycles. The minimum atomic E-state index is -0.194. The Morgan fingerprint density at radius 2 is 1.73 bits per heavy atom. The molecule has 138 valence electrons. The molecule has 0 atom stereocenters. The Morgan fingerprint density at radius 3 is 2.35 bits per heavy atom. The molecule has 1 aliphatic rings. The number of aromatic hydroxyl groups is 1. The molecule has 3 rings (SSSR count). The molecule has 1 fully saturated rings. The zero-order valence-corrected chi connectivity index (χ0v) is 15.7. The van der Waals surface area contributed by atoms with Gasteiger partial charge in [-0.2, -0.15) is 0 Å². The molecule has 0 aliphatic carbocycles. The van der Waals surface area contributed by atoms with Crippen LogP contribution in [-0.4, -0.2) is 49.3 Å². The molecule has 1 heterocycles. The SMILES string of the molecule is COc1cc(O)ccc1N1CCN(C(=O)Nc2cc(Cl)cc(Cl)c2)CC1. The van der Waals surface area contributed by atoms with Gasteiger partial charge in [0.2, 0.25) is 0 Å². The summed E-state index contributed by atoms with van der Waals surface area (Å²) in [5.41, 5.74) is 1.46. The predicted molar refractivity (Wildman–Crippen MR) is 104 cm³/mol. The van der Waals surface area contributed by atoms with Crippen molar-refractivity contribution < 1.29 is 14.6 Å². The van der Waals surface area contributed by atoms with E-state index >= 15 is 0 Å². The smallest absolute Gasteiger partial charge is 0.321 e. The first-order chi connectivity index (χ1) is 12.5. The number of carbonyl (C=O) groups is 1. The van der Waals surface area contributed by atoms with Gasteiger partial charge in [0.15, 0.2) is 0 Å². The van der Waals surface area contributed by atoms with Gasteiger partial charge in [-0.15, -0.1) is 0 Å². The first kappa shape index (κ1) is 18.5. The molecular weight excluding hydrogens is 377 g/mol. The fourth-order valence-corrected chi connectivity index (χ4v) is 3.43. The molecule has 2 amide bonds. The number of nitrogens with one attached hydrogen (secondary N) is 1. The van der Waals surface area contributed by atoms with Crippen molar-refractivity contribution in [1.82, 2.24) is 4.90 Å². The van der Waals surface area contributed by atoms with Gasteiger partial charge in [-0.05, 0) is 30.3 Å². The largest absolute Gasteiger partial charge is 0.508 e. The van der Waals surface area contributed by atoms with Crippen molar-refractivity contribution in [2.45, 2.75) is 0 Å². The third-order valence-electron chi connectivity index (χ3n) is 4.18. The van der Waals surface area contributed by atoms with Crippen LogP contribution >= 0.6 is 23.2 Å². The van der Waals surface area contributed by atoms with E-state index in [1.54, 1.807) is 42.3 Å². The Balaban J connectivity index is 1.62. The molecule has 8 heteroatoms. The summed E-state index contributed by atoms with van der Waals surface area (Å²) >= 11 is 11.9. The van der Waals surface area contributed by atoms with Crippen LogP contribution in [0.4, 0.5) is 16.2 Å². The molecule has 0 radical (unpaired) electrons. The van der Waals surface area contributed by atoms with Crippen molar-refractivity contribution in [3.05, 3.63) is 46.4 Å². The summed E-state index contributed by atoms with van der Waals surface area (Å²) in [6, 6.07) is 9.75. The molecule has 2 aromatic carbocycles. The van der Waals surface area contributed by atoms with Gasteiger partial charge in [-0.25, -0.2) is 4.79 Å². The summed E-state index contributed by atoms with van der Waals surface area (Å²) in [4.78, 5) is 16.3. The fraction of sp³-hybridized carbons (Fsp3) is 0.278. The van der Waals surface area contributed by atoms with E-state index in [2.05, 4.69) is 10.2 Å². The minimum absolute atomic E-state index is 0.156. The average molecular weight is 396 g/mol. The first-order valence-corrected chi connectivity index (χ1v) is 8.86. The highest BCUT2D eigenvalue weighted by Gasteiger charge is 2.23. The number of urea groups is 1. The molecule has 0 spiro atoms. The van der Waals surface area contributed by atoms with Gasteiger partial charge in [0.05, 0.1) is 12.8 Å². The van der Waals surface area contributed by atoms with Crippen LogP contribution in [0.25, 0.3) is 0 Å². The lowest BCUT2D eigenvalue weighted by Crippen LogP contribution is -2.50. The van der Waals surface area contributed by atoms with Crippen LogP contribution in [-0.2, 0) is 0 Å². The quantitative estimate of drug-likeness (QED) is 0.821. The van der Waals surface area contributed by atoms with Crippen LogP contribution in [0.5, 0.6) is 11.5 Å². The van der Waals surface area contributed by atoms with Crippen molar-refractivity contribution >= 4 is 40.6 Å². The number of benzene rings is 2. The van der Waals surface area contributed by atoms with Crippen molar-refractivity contribution in [3.8, 4) is 11.5 Å². The van der Waals surface area contributed by atoms with Gasteiger partial charge in [0, 0.05) is 48.0 Å². The highest BCUT2D eigenvalue weighted by Crippen LogP contribution is 2.32. The maximum Gasteiger partial charge on any atom is 0.321 e. The molecule has 2 aromatic rings. The molecule has 0 saturated carbocycles. The first-order valence-electron chi connectivity index (χ1n) is 8.10. The number of carbonyl (C=O) groups excluding carboxylic acids is 1. The average Bonchev–Trinajstić information content (AvgIpc) is 2.61.